The third-order valence-corrected chi connectivity index (χ3v) is 3.81. The molecule has 1 N–H and O–H groups in total. The highest BCUT2D eigenvalue weighted by molar-refractivity contribution is 6.31. The number of anilines is 1. The molecule has 1 aromatic carbocycles. The standard InChI is InChI=1S/C16H14ClN5O3/c1-9-3-4-11(7-12(9)17)19-13(23)8-25-15(24)14-20-16-18-6-5-10(2)22(16)21-14/h3-7H,8H2,1-2H3,(H,19,23). The first kappa shape index (κ1) is 16.8. The molecule has 0 aliphatic rings. The summed E-state index contributed by atoms with van der Waals surface area (Å²) in [7, 11) is 0. The minimum atomic E-state index is -0.804. The molecule has 0 unspecified atom stereocenters. The predicted octanol–water partition coefficient (Wildman–Crippen LogP) is 2.19. The summed E-state index contributed by atoms with van der Waals surface area (Å²) in [5.41, 5.74) is 2.18. The van der Waals surface area contributed by atoms with Gasteiger partial charge in [0.15, 0.2) is 6.61 Å². The highest BCUT2D eigenvalue weighted by Crippen LogP contribution is 2.19. The number of nitrogens with zero attached hydrogens (tertiary/aromatic N) is 4. The first-order valence-corrected chi connectivity index (χ1v) is 7.73. The first-order valence-electron chi connectivity index (χ1n) is 7.35. The van der Waals surface area contributed by atoms with E-state index in [1.54, 1.807) is 37.4 Å². The van der Waals surface area contributed by atoms with Crippen molar-refractivity contribution in [1.29, 1.82) is 0 Å². The number of hydrogen-bond acceptors (Lipinski definition) is 6. The molecule has 1 amide bonds. The van der Waals surface area contributed by atoms with Crippen LogP contribution in [0.15, 0.2) is 30.5 Å². The van der Waals surface area contributed by atoms with Crippen LogP contribution in [0.2, 0.25) is 5.02 Å². The van der Waals surface area contributed by atoms with Crippen LogP contribution in [0.5, 0.6) is 0 Å². The van der Waals surface area contributed by atoms with Crippen molar-refractivity contribution in [2.75, 3.05) is 11.9 Å². The van der Waals surface area contributed by atoms with Crippen molar-refractivity contribution in [3.63, 3.8) is 0 Å². The fourth-order valence-corrected chi connectivity index (χ4v) is 2.24. The van der Waals surface area contributed by atoms with Crippen LogP contribution in [0.1, 0.15) is 21.9 Å². The van der Waals surface area contributed by atoms with Gasteiger partial charge in [-0.25, -0.2) is 14.3 Å². The van der Waals surface area contributed by atoms with E-state index in [1.807, 2.05) is 6.92 Å². The molecule has 0 bridgehead atoms. The molecule has 128 valence electrons. The Morgan fingerprint density at radius 3 is 2.80 bits per heavy atom. The molecule has 0 saturated carbocycles. The van der Waals surface area contributed by atoms with Crippen LogP contribution in [0.4, 0.5) is 5.69 Å². The second-order valence-electron chi connectivity index (χ2n) is 5.32. The van der Waals surface area contributed by atoms with E-state index in [1.165, 1.54) is 4.52 Å². The zero-order valence-electron chi connectivity index (χ0n) is 13.5. The number of esters is 1. The maximum atomic E-state index is 12.0. The quantitative estimate of drug-likeness (QED) is 0.717. The third-order valence-electron chi connectivity index (χ3n) is 3.40. The topological polar surface area (TPSA) is 98.5 Å². The van der Waals surface area contributed by atoms with Gasteiger partial charge in [-0.2, -0.15) is 4.98 Å². The van der Waals surface area contributed by atoms with E-state index in [4.69, 9.17) is 16.3 Å². The summed E-state index contributed by atoms with van der Waals surface area (Å²) in [5, 5.41) is 7.14. The Balaban J connectivity index is 1.61. The van der Waals surface area contributed by atoms with Crippen LogP contribution in [0, 0.1) is 13.8 Å². The molecule has 8 nitrogen and oxygen atoms in total. The lowest BCUT2D eigenvalue weighted by Gasteiger charge is -2.07. The van der Waals surface area contributed by atoms with Gasteiger partial charge < -0.3 is 10.1 Å². The molecule has 9 heteroatoms. The maximum absolute atomic E-state index is 12.0. The summed E-state index contributed by atoms with van der Waals surface area (Å²) in [4.78, 5) is 31.8. The van der Waals surface area contributed by atoms with Crippen LogP contribution < -0.4 is 5.32 Å². The van der Waals surface area contributed by atoms with Crippen LogP contribution in [-0.4, -0.2) is 38.1 Å². The number of rotatable bonds is 4. The summed E-state index contributed by atoms with van der Waals surface area (Å²) in [6.45, 7) is 3.19. The van der Waals surface area contributed by atoms with Gasteiger partial charge in [-0.3, -0.25) is 4.79 Å². The van der Waals surface area contributed by atoms with Crippen molar-refractivity contribution in [1.82, 2.24) is 19.6 Å². The number of carbonyl (C=O) groups excluding carboxylic acids is 2. The predicted molar refractivity (Wildman–Crippen MR) is 90.6 cm³/mol. The zero-order valence-corrected chi connectivity index (χ0v) is 14.2. The number of fused-ring (bicyclic) bond motifs is 1. The van der Waals surface area contributed by atoms with E-state index < -0.39 is 18.5 Å². The van der Waals surface area contributed by atoms with Crippen LogP contribution in [-0.2, 0) is 9.53 Å². The minimum Gasteiger partial charge on any atom is -0.450 e. The molecule has 2 heterocycles. The lowest BCUT2D eigenvalue weighted by molar-refractivity contribution is -0.119. The van der Waals surface area contributed by atoms with E-state index in [-0.39, 0.29) is 11.6 Å². The number of halogens is 1. The van der Waals surface area contributed by atoms with Crippen molar-refractivity contribution in [3.8, 4) is 0 Å². The van der Waals surface area contributed by atoms with Gasteiger partial charge in [-0.1, -0.05) is 17.7 Å². The Labute approximate surface area is 147 Å². The molecule has 0 atom stereocenters. The highest BCUT2D eigenvalue weighted by Gasteiger charge is 2.17. The smallest absolute Gasteiger partial charge is 0.378 e. The second-order valence-corrected chi connectivity index (χ2v) is 5.73. The number of amides is 1. The summed E-state index contributed by atoms with van der Waals surface area (Å²) >= 11 is 5.99. The second kappa shape index (κ2) is 6.86. The van der Waals surface area contributed by atoms with E-state index in [9.17, 15) is 9.59 Å². The van der Waals surface area contributed by atoms with Crippen molar-refractivity contribution < 1.29 is 14.3 Å². The molecule has 3 aromatic rings. The monoisotopic (exact) mass is 359 g/mol. The van der Waals surface area contributed by atoms with Gasteiger partial charge in [0, 0.05) is 22.6 Å². The fraction of sp³-hybridized carbons (Fsp3) is 0.188. The summed E-state index contributed by atoms with van der Waals surface area (Å²) in [6.07, 6.45) is 1.56. The van der Waals surface area contributed by atoms with E-state index in [2.05, 4.69) is 20.4 Å². The van der Waals surface area contributed by atoms with Gasteiger partial charge in [0.25, 0.3) is 17.5 Å². The highest BCUT2D eigenvalue weighted by atomic mass is 35.5. The first-order chi connectivity index (χ1) is 11.9. The molecule has 2 aromatic heterocycles. The molecule has 0 fully saturated rings. The molecule has 0 aliphatic heterocycles. The fourth-order valence-electron chi connectivity index (χ4n) is 2.06. The largest absolute Gasteiger partial charge is 0.450 e. The molecular formula is C16H14ClN5O3. The Kier molecular flexibility index (Phi) is 4.62. The molecule has 0 radical (unpaired) electrons. The minimum absolute atomic E-state index is 0.159. The average molecular weight is 360 g/mol. The van der Waals surface area contributed by atoms with Gasteiger partial charge in [-0.05, 0) is 37.6 Å². The number of nitrogens with one attached hydrogen (secondary N) is 1. The number of ether oxygens (including phenoxy) is 1. The van der Waals surface area contributed by atoms with E-state index in [0.717, 1.165) is 11.3 Å². The molecule has 25 heavy (non-hydrogen) atoms. The van der Waals surface area contributed by atoms with Gasteiger partial charge >= 0.3 is 5.97 Å². The van der Waals surface area contributed by atoms with Crippen molar-refractivity contribution in [3.05, 3.63) is 52.6 Å². The van der Waals surface area contributed by atoms with Gasteiger partial charge in [0.2, 0.25) is 0 Å². The Bertz CT molecular complexity index is 970. The van der Waals surface area contributed by atoms with Crippen molar-refractivity contribution in [2.24, 2.45) is 0 Å². The number of aromatic nitrogens is 4. The Hall–Kier alpha value is -3.00. The molecule has 0 saturated heterocycles. The normalized spacial score (nSPS) is 10.7. The van der Waals surface area contributed by atoms with Gasteiger partial charge in [0.1, 0.15) is 0 Å². The Morgan fingerprint density at radius 2 is 2.08 bits per heavy atom. The molecule has 3 rings (SSSR count). The van der Waals surface area contributed by atoms with E-state index >= 15 is 0 Å². The van der Waals surface area contributed by atoms with Crippen molar-refractivity contribution in [2.45, 2.75) is 13.8 Å². The lowest BCUT2D eigenvalue weighted by atomic mass is 10.2. The van der Waals surface area contributed by atoms with Crippen LogP contribution in [0.3, 0.4) is 0 Å². The number of hydrogen-bond donors (Lipinski definition) is 1. The average Bonchev–Trinajstić information content (AvgIpc) is 3.02. The number of carbonyl (C=O) groups is 2. The number of benzene rings is 1. The summed E-state index contributed by atoms with van der Waals surface area (Å²) in [6, 6.07) is 6.84. The van der Waals surface area contributed by atoms with Crippen LogP contribution >= 0.6 is 11.6 Å². The third kappa shape index (κ3) is 3.74. The van der Waals surface area contributed by atoms with Gasteiger partial charge in [-0.15, -0.1) is 5.10 Å². The lowest BCUT2D eigenvalue weighted by Crippen LogP contribution is -2.21. The Morgan fingerprint density at radius 1 is 1.28 bits per heavy atom. The SMILES string of the molecule is Cc1ccc(NC(=O)COC(=O)c2nc3nccc(C)n3n2)cc1Cl. The number of aryl methyl sites for hydroxylation is 2. The zero-order chi connectivity index (χ0) is 18.0. The van der Waals surface area contributed by atoms with Gasteiger partial charge in [0.05, 0.1) is 0 Å². The van der Waals surface area contributed by atoms with Crippen LogP contribution in [0.25, 0.3) is 5.78 Å². The molecule has 0 aliphatic carbocycles. The maximum Gasteiger partial charge on any atom is 0.378 e. The molecular weight excluding hydrogens is 346 g/mol. The summed E-state index contributed by atoms with van der Waals surface area (Å²) < 4.78 is 6.36. The summed E-state index contributed by atoms with van der Waals surface area (Å²) in [5.74, 6) is -1.17. The molecule has 0 spiro atoms. The van der Waals surface area contributed by atoms with Crippen molar-refractivity contribution >= 4 is 34.9 Å². The van der Waals surface area contributed by atoms with E-state index in [0.29, 0.717) is 10.7 Å².